The number of rotatable bonds is 8. The molecule has 1 aliphatic rings. The third-order valence-corrected chi connectivity index (χ3v) is 6.45. The van der Waals surface area contributed by atoms with E-state index in [0.717, 1.165) is 5.56 Å². The van der Waals surface area contributed by atoms with Crippen molar-refractivity contribution in [2.45, 2.75) is 19.4 Å². The van der Waals surface area contributed by atoms with E-state index < -0.39 is 0 Å². The molecule has 0 unspecified atom stereocenters. The molecule has 2 heterocycles. The first-order chi connectivity index (χ1) is 17.5. The minimum Gasteiger partial charge on any atom is -0.493 e. The van der Waals surface area contributed by atoms with E-state index in [4.69, 9.17) is 14.5 Å². The number of carbonyl (C=O) groups is 2. The van der Waals surface area contributed by atoms with Gasteiger partial charge in [-0.2, -0.15) is 0 Å². The van der Waals surface area contributed by atoms with Crippen molar-refractivity contribution in [1.29, 1.82) is 0 Å². The zero-order valence-electron chi connectivity index (χ0n) is 20.1. The fourth-order valence-electron chi connectivity index (χ4n) is 4.57. The predicted molar refractivity (Wildman–Crippen MR) is 135 cm³/mol. The molecule has 0 N–H and O–H groups in total. The highest BCUT2D eigenvalue weighted by Gasteiger charge is 2.34. The van der Waals surface area contributed by atoms with Gasteiger partial charge in [0.15, 0.2) is 11.5 Å². The number of methoxy groups -OCH3 is 2. The number of fused-ring (bicyclic) bond motifs is 2. The highest BCUT2D eigenvalue weighted by atomic mass is 16.5. The van der Waals surface area contributed by atoms with Crippen molar-refractivity contribution in [3.8, 4) is 11.5 Å². The number of amides is 2. The summed E-state index contributed by atoms with van der Waals surface area (Å²) in [5.41, 5.74) is 2.21. The minimum absolute atomic E-state index is 0.132. The van der Waals surface area contributed by atoms with Crippen LogP contribution in [0.5, 0.6) is 11.5 Å². The molecule has 3 aromatic carbocycles. The summed E-state index contributed by atoms with van der Waals surface area (Å²) >= 11 is 0. The molecule has 8 nitrogen and oxygen atoms in total. The number of aromatic nitrogens is 2. The highest BCUT2D eigenvalue weighted by molar-refractivity contribution is 6.21. The van der Waals surface area contributed by atoms with Crippen LogP contribution in [0.2, 0.25) is 0 Å². The number of aryl methyl sites for hydroxylation is 1. The summed E-state index contributed by atoms with van der Waals surface area (Å²) < 4.78 is 12.3. The van der Waals surface area contributed by atoms with E-state index in [9.17, 15) is 14.4 Å². The zero-order valence-corrected chi connectivity index (χ0v) is 20.1. The van der Waals surface area contributed by atoms with E-state index in [1.165, 1.54) is 4.90 Å². The van der Waals surface area contributed by atoms with Crippen LogP contribution in [0.1, 0.15) is 32.1 Å². The number of para-hydroxylation sites is 1. The average molecular weight is 484 g/mol. The summed E-state index contributed by atoms with van der Waals surface area (Å²) in [5, 5.41) is 0.522. The van der Waals surface area contributed by atoms with Gasteiger partial charge in [0.1, 0.15) is 5.82 Å². The summed E-state index contributed by atoms with van der Waals surface area (Å²) in [5.74, 6) is 1.12. The standard InChI is InChI=1S/C28H25N3O5/c1-35-23-12-11-18(17-24(23)36-2)13-15-30-25(29-22-10-6-5-9-21(22)28(30)34)14-16-31-26(32)19-7-3-4-8-20(19)27(31)33/h3-12,17H,13-16H2,1-2H3. The van der Waals surface area contributed by atoms with E-state index in [-0.39, 0.29) is 30.3 Å². The molecule has 0 spiro atoms. The summed E-state index contributed by atoms with van der Waals surface area (Å²) in [6.45, 7) is 0.511. The Hall–Kier alpha value is -4.46. The smallest absolute Gasteiger partial charge is 0.261 e. The van der Waals surface area contributed by atoms with E-state index in [0.29, 0.717) is 52.3 Å². The van der Waals surface area contributed by atoms with Gasteiger partial charge >= 0.3 is 0 Å². The maximum Gasteiger partial charge on any atom is 0.261 e. The van der Waals surface area contributed by atoms with Crippen molar-refractivity contribution in [1.82, 2.24) is 14.5 Å². The van der Waals surface area contributed by atoms with E-state index in [1.54, 1.807) is 55.2 Å². The Kier molecular flexibility index (Phi) is 6.25. The number of hydrogen-bond acceptors (Lipinski definition) is 6. The second kappa shape index (κ2) is 9.65. The van der Waals surface area contributed by atoms with E-state index in [2.05, 4.69) is 0 Å². The largest absolute Gasteiger partial charge is 0.493 e. The molecule has 182 valence electrons. The maximum atomic E-state index is 13.4. The van der Waals surface area contributed by atoms with Crippen LogP contribution < -0.4 is 15.0 Å². The van der Waals surface area contributed by atoms with Crippen LogP contribution >= 0.6 is 0 Å². The summed E-state index contributed by atoms with van der Waals surface area (Å²) in [6, 6.07) is 19.6. The van der Waals surface area contributed by atoms with Gasteiger partial charge in [-0.1, -0.05) is 30.3 Å². The molecule has 5 rings (SSSR count). The van der Waals surface area contributed by atoms with Crippen molar-refractivity contribution in [3.63, 3.8) is 0 Å². The number of imide groups is 1. The van der Waals surface area contributed by atoms with Crippen LogP contribution in [-0.2, 0) is 19.4 Å². The van der Waals surface area contributed by atoms with E-state index in [1.807, 2.05) is 30.3 Å². The van der Waals surface area contributed by atoms with Crippen LogP contribution in [0, 0.1) is 0 Å². The fourth-order valence-corrected chi connectivity index (χ4v) is 4.57. The van der Waals surface area contributed by atoms with Crippen molar-refractivity contribution >= 4 is 22.7 Å². The molecule has 1 aromatic heterocycles. The molecule has 0 radical (unpaired) electrons. The normalized spacial score (nSPS) is 12.8. The van der Waals surface area contributed by atoms with Gasteiger partial charge in [0, 0.05) is 19.5 Å². The Morgan fingerprint density at radius 2 is 1.42 bits per heavy atom. The van der Waals surface area contributed by atoms with Gasteiger partial charge in [0.25, 0.3) is 17.4 Å². The molecule has 1 aliphatic heterocycles. The molecular formula is C28H25N3O5. The molecule has 8 heteroatoms. The van der Waals surface area contributed by atoms with Crippen LogP contribution in [0.3, 0.4) is 0 Å². The maximum absolute atomic E-state index is 13.4. The Morgan fingerprint density at radius 3 is 2.11 bits per heavy atom. The van der Waals surface area contributed by atoms with Gasteiger partial charge in [-0.15, -0.1) is 0 Å². The number of carbonyl (C=O) groups excluding carboxylic acids is 2. The van der Waals surface area contributed by atoms with E-state index >= 15 is 0 Å². The summed E-state index contributed by atoms with van der Waals surface area (Å²) in [6.07, 6.45) is 0.817. The van der Waals surface area contributed by atoms with Crippen molar-refractivity contribution in [2.24, 2.45) is 0 Å². The lowest BCUT2D eigenvalue weighted by Gasteiger charge is -2.17. The topological polar surface area (TPSA) is 90.7 Å². The van der Waals surface area contributed by atoms with Gasteiger partial charge in [0.05, 0.1) is 36.2 Å². The van der Waals surface area contributed by atoms with Crippen molar-refractivity contribution in [3.05, 3.63) is 99.6 Å². The molecule has 0 bridgehead atoms. The number of hydrogen-bond donors (Lipinski definition) is 0. The van der Waals surface area contributed by atoms with Gasteiger partial charge in [0.2, 0.25) is 0 Å². The monoisotopic (exact) mass is 483 g/mol. The lowest BCUT2D eigenvalue weighted by atomic mass is 10.1. The first-order valence-electron chi connectivity index (χ1n) is 11.7. The summed E-state index contributed by atoms with van der Waals surface area (Å²) in [7, 11) is 3.16. The van der Waals surface area contributed by atoms with Gasteiger partial charge in [-0.25, -0.2) is 4.98 Å². The molecule has 2 amide bonds. The average Bonchev–Trinajstić information content (AvgIpc) is 3.16. The molecule has 36 heavy (non-hydrogen) atoms. The molecule has 0 fully saturated rings. The molecule has 0 atom stereocenters. The number of nitrogens with zero attached hydrogens (tertiary/aromatic N) is 3. The van der Waals surface area contributed by atoms with Crippen LogP contribution in [0.4, 0.5) is 0 Å². The van der Waals surface area contributed by atoms with Crippen molar-refractivity contribution in [2.75, 3.05) is 20.8 Å². The van der Waals surface area contributed by atoms with Crippen LogP contribution in [-0.4, -0.2) is 47.0 Å². The third kappa shape index (κ3) is 4.11. The molecule has 0 saturated carbocycles. The second-order valence-corrected chi connectivity index (χ2v) is 8.50. The van der Waals surface area contributed by atoms with Gasteiger partial charge < -0.3 is 9.47 Å². The lowest BCUT2D eigenvalue weighted by Crippen LogP contribution is -2.34. The molecule has 4 aromatic rings. The van der Waals surface area contributed by atoms with Crippen LogP contribution in [0.25, 0.3) is 10.9 Å². The first kappa shape index (κ1) is 23.3. The molecule has 0 aliphatic carbocycles. The van der Waals surface area contributed by atoms with Gasteiger partial charge in [-0.05, 0) is 48.4 Å². The van der Waals surface area contributed by atoms with Gasteiger partial charge in [-0.3, -0.25) is 23.9 Å². The molecular weight excluding hydrogens is 458 g/mol. The second-order valence-electron chi connectivity index (χ2n) is 8.50. The number of benzene rings is 3. The quantitative estimate of drug-likeness (QED) is 0.357. The number of ether oxygens (including phenoxy) is 2. The third-order valence-electron chi connectivity index (χ3n) is 6.45. The Balaban J connectivity index is 1.44. The highest BCUT2D eigenvalue weighted by Crippen LogP contribution is 2.28. The Labute approximate surface area is 207 Å². The Bertz CT molecular complexity index is 1510. The summed E-state index contributed by atoms with van der Waals surface area (Å²) in [4.78, 5) is 45.0. The first-order valence-corrected chi connectivity index (χ1v) is 11.7. The predicted octanol–water partition coefficient (Wildman–Crippen LogP) is 3.50. The molecule has 0 saturated heterocycles. The Morgan fingerprint density at radius 1 is 0.750 bits per heavy atom. The SMILES string of the molecule is COc1ccc(CCn2c(CCN3C(=O)c4ccccc4C3=O)nc3ccccc3c2=O)cc1OC. The fraction of sp³-hybridized carbons (Fsp3) is 0.214. The van der Waals surface area contributed by atoms with Crippen LogP contribution in [0.15, 0.2) is 71.5 Å². The lowest BCUT2D eigenvalue weighted by molar-refractivity contribution is 0.0655. The minimum atomic E-state index is -0.324. The van der Waals surface area contributed by atoms with Crippen molar-refractivity contribution < 1.29 is 19.1 Å². The zero-order chi connectivity index (χ0) is 25.2.